The van der Waals surface area contributed by atoms with E-state index in [1.54, 1.807) is 30.3 Å². The van der Waals surface area contributed by atoms with Gasteiger partial charge in [0.05, 0.1) is 11.6 Å². The van der Waals surface area contributed by atoms with Crippen molar-refractivity contribution in [3.05, 3.63) is 95.0 Å². The second-order valence-electron chi connectivity index (χ2n) is 5.40. The molecule has 4 heteroatoms. The van der Waals surface area contributed by atoms with E-state index in [-0.39, 0.29) is 12.5 Å². The van der Waals surface area contributed by atoms with Crippen molar-refractivity contribution >= 4 is 17.5 Å². The SMILES string of the molecule is O=C(NCC#Cc1ccccc1Cl)c1ccc(Oc2ccccc2)cc1. The molecule has 0 aliphatic carbocycles. The topological polar surface area (TPSA) is 38.3 Å². The maximum atomic E-state index is 12.1. The molecule has 0 bridgehead atoms. The molecular weight excluding hydrogens is 346 g/mol. The smallest absolute Gasteiger partial charge is 0.252 e. The highest BCUT2D eigenvalue weighted by Gasteiger charge is 2.04. The molecule has 0 saturated heterocycles. The van der Waals surface area contributed by atoms with Crippen molar-refractivity contribution in [2.45, 2.75) is 0 Å². The maximum Gasteiger partial charge on any atom is 0.252 e. The number of para-hydroxylation sites is 1. The number of benzene rings is 3. The summed E-state index contributed by atoms with van der Waals surface area (Å²) in [6, 6.07) is 23.8. The minimum absolute atomic E-state index is 0.190. The molecule has 0 aromatic heterocycles. The van der Waals surface area contributed by atoms with Gasteiger partial charge >= 0.3 is 0 Å². The molecule has 26 heavy (non-hydrogen) atoms. The Bertz CT molecular complexity index is 941. The molecule has 1 N–H and O–H groups in total. The van der Waals surface area contributed by atoms with Gasteiger partial charge in [0.15, 0.2) is 0 Å². The van der Waals surface area contributed by atoms with E-state index in [2.05, 4.69) is 17.2 Å². The van der Waals surface area contributed by atoms with Gasteiger partial charge in [0, 0.05) is 11.1 Å². The van der Waals surface area contributed by atoms with E-state index in [1.165, 1.54) is 0 Å². The third-order valence-corrected chi connectivity index (χ3v) is 3.86. The van der Waals surface area contributed by atoms with E-state index < -0.39 is 0 Å². The standard InChI is InChI=1S/C22H16ClNO2/c23-21-11-5-4-7-17(21)8-6-16-24-22(25)18-12-14-20(15-13-18)26-19-9-2-1-3-10-19/h1-5,7,9-15H,16H2,(H,24,25). The highest BCUT2D eigenvalue weighted by Crippen LogP contribution is 2.21. The van der Waals surface area contributed by atoms with Gasteiger partial charge in [-0.15, -0.1) is 0 Å². The van der Waals surface area contributed by atoms with Crippen LogP contribution in [0.5, 0.6) is 11.5 Å². The Labute approximate surface area is 157 Å². The van der Waals surface area contributed by atoms with Crippen LogP contribution >= 0.6 is 11.6 Å². The van der Waals surface area contributed by atoms with Gasteiger partial charge in [-0.3, -0.25) is 4.79 Å². The van der Waals surface area contributed by atoms with Crippen LogP contribution in [0.2, 0.25) is 5.02 Å². The zero-order chi connectivity index (χ0) is 18.2. The second kappa shape index (κ2) is 8.75. The minimum Gasteiger partial charge on any atom is -0.457 e. The molecule has 1 amide bonds. The summed E-state index contributed by atoms with van der Waals surface area (Å²) in [5, 5.41) is 3.36. The summed E-state index contributed by atoms with van der Waals surface area (Å²) in [6.07, 6.45) is 0. The lowest BCUT2D eigenvalue weighted by Gasteiger charge is -2.06. The van der Waals surface area contributed by atoms with E-state index in [0.29, 0.717) is 16.3 Å². The monoisotopic (exact) mass is 361 g/mol. The number of halogens is 1. The summed E-state index contributed by atoms with van der Waals surface area (Å²) < 4.78 is 5.71. The lowest BCUT2D eigenvalue weighted by Crippen LogP contribution is -2.23. The first-order valence-corrected chi connectivity index (χ1v) is 8.45. The van der Waals surface area contributed by atoms with Crippen molar-refractivity contribution in [2.75, 3.05) is 6.54 Å². The Hall–Kier alpha value is -3.22. The molecule has 0 saturated carbocycles. The lowest BCUT2D eigenvalue weighted by atomic mass is 10.2. The molecule has 3 aromatic rings. The molecule has 0 fully saturated rings. The van der Waals surface area contributed by atoms with Crippen LogP contribution in [0.1, 0.15) is 15.9 Å². The Morgan fingerprint density at radius 1 is 0.885 bits per heavy atom. The van der Waals surface area contributed by atoms with Gasteiger partial charge in [-0.2, -0.15) is 0 Å². The van der Waals surface area contributed by atoms with Crippen molar-refractivity contribution in [1.29, 1.82) is 0 Å². The highest BCUT2D eigenvalue weighted by atomic mass is 35.5. The van der Waals surface area contributed by atoms with Crippen molar-refractivity contribution in [1.82, 2.24) is 5.32 Å². The zero-order valence-corrected chi connectivity index (χ0v) is 14.7. The molecule has 0 atom stereocenters. The molecule has 0 heterocycles. The summed E-state index contributed by atoms with van der Waals surface area (Å²) >= 11 is 6.03. The van der Waals surface area contributed by atoms with Crippen molar-refractivity contribution in [2.24, 2.45) is 0 Å². The fourth-order valence-corrected chi connectivity index (χ4v) is 2.41. The third-order valence-electron chi connectivity index (χ3n) is 3.53. The largest absolute Gasteiger partial charge is 0.457 e. The van der Waals surface area contributed by atoms with E-state index in [4.69, 9.17) is 16.3 Å². The van der Waals surface area contributed by atoms with Crippen LogP contribution in [0.25, 0.3) is 0 Å². The quantitative estimate of drug-likeness (QED) is 0.670. The average molecular weight is 362 g/mol. The van der Waals surface area contributed by atoms with Crippen LogP contribution in [-0.4, -0.2) is 12.5 Å². The number of ether oxygens (including phenoxy) is 1. The van der Waals surface area contributed by atoms with Gasteiger partial charge in [0.2, 0.25) is 0 Å². The van der Waals surface area contributed by atoms with Crippen LogP contribution in [0, 0.1) is 11.8 Å². The van der Waals surface area contributed by atoms with Crippen LogP contribution in [-0.2, 0) is 0 Å². The van der Waals surface area contributed by atoms with Gasteiger partial charge in [-0.1, -0.05) is 53.8 Å². The molecule has 0 unspecified atom stereocenters. The van der Waals surface area contributed by atoms with Crippen molar-refractivity contribution in [3.8, 4) is 23.3 Å². The number of carbonyl (C=O) groups is 1. The van der Waals surface area contributed by atoms with Gasteiger partial charge in [-0.25, -0.2) is 0 Å². The lowest BCUT2D eigenvalue weighted by molar-refractivity contribution is 0.0958. The van der Waals surface area contributed by atoms with Crippen LogP contribution in [0.15, 0.2) is 78.9 Å². The summed E-state index contributed by atoms with van der Waals surface area (Å²) in [7, 11) is 0. The number of rotatable bonds is 4. The van der Waals surface area contributed by atoms with Gasteiger partial charge in [-0.05, 0) is 48.5 Å². The molecular formula is C22H16ClNO2. The highest BCUT2D eigenvalue weighted by molar-refractivity contribution is 6.31. The number of carbonyl (C=O) groups excluding carboxylic acids is 1. The molecule has 128 valence electrons. The van der Waals surface area contributed by atoms with E-state index in [1.807, 2.05) is 48.5 Å². The predicted molar refractivity (Wildman–Crippen MR) is 104 cm³/mol. The molecule has 0 radical (unpaired) electrons. The molecule has 3 aromatic carbocycles. The maximum absolute atomic E-state index is 12.1. The number of amides is 1. The Morgan fingerprint density at radius 3 is 2.27 bits per heavy atom. The first kappa shape index (κ1) is 17.6. The van der Waals surface area contributed by atoms with E-state index in [9.17, 15) is 4.79 Å². The second-order valence-corrected chi connectivity index (χ2v) is 5.81. The molecule has 0 aliphatic rings. The molecule has 0 aliphatic heterocycles. The van der Waals surface area contributed by atoms with Crippen LogP contribution in [0.4, 0.5) is 0 Å². The molecule has 3 nitrogen and oxygen atoms in total. The normalized spacial score (nSPS) is 9.73. The fourth-order valence-electron chi connectivity index (χ4n) is 2.23. The first-order chi connectivity index (χ1) is 12.7. The van der Waals surface area contributed by atoms with Crippen LogP contribution < -0.4 is 10.1 Å². The van der Waals surface area contributed by atoms with Crippen LogP contribution in [0.3, 0.4) is 0 Å². The van der Waals surface area contributed by atoms with Gasteiger partial charge < -0.3 is 10.1 Å². The first-order valence-electron chi connectivity index (χ1n) is 8.07. The molecule has 3 rings (SSSR count). The summed E-state index contributed by atoms with van der Waals surface area (Å²) in [5.74, 6) is 7.07. The molecule has 0 spiro atoms. The third kappa shape index (κ3) is 4.89. The zero-order valence-electron chi connectivity index (χ0n) is 13.9. The van der Waals surface area contributed by atoms with Gasteiger partial charge in [0.1, 0.15) is 11.5 Å². The van der Waals surface area contributed by atoms with E-state index >= 15 is 0 Å². The fraction of sp³-hybridized carbons (Fsp3) is 0.0455. The Morgan fingerprint density at radius 2 is 1.54 bits per heavy atom. The Balaban J connectivity index is 1.55. The summed E-state index contributed by atoms with van der Waals surface area (Å²) in [6.45, 7) is 0.242. The minimum atomic E-state index is -0.190. The number of hydrogen-bond acceptors (Lipinski definition) is 2. The average Bonchev–Trinajstić information content (AvgIpc) is 2.68. The Kier molecular flexibility index (Phi) is 5.92. The number of nitrogens with one attached hydrogen (secondary N) is 1. The van der Waals surface area contributed by atoms with Crippen molar-refractivity contribution < 1.29 is 9.53 Å². The van der Waals surface area contributed by atoms with E-state index in [0.717, 1.165) is 11.3 Å². The van der Waals surface area contributed by atoms with Crippen molar-refractivity contribution in [3.63, 3.8) is 0 Å². The summed E-state index contributed by atoms with van der Waals surface area (Å²) in [5.41, 5.74) is 1.29. The predicted octanol–water partition coefficient (Wildman–Crippen LogP) is 4.91. The summed E-state index contributed by atoms with van der Waals surface area (Å²) in [4.78, 5) is 12.1. The van der Waals surface area contributed by atoms with Gasteiger partial charge in [0.25, 0.3) is 5.91 Å². The number of hydrogen-bond donors (Lipinski definition) is 1.